The van der Waals surface area contributed by atoms with Crippen LogP contribution >= 0.6 is 11.3 Å². The van der Waals surface area contributed by atoms with Crippen molar-refractivity contribution >= 4 is 96.8 Å². The highest BCUT2D eigenvalue weighted by atomic mass is 32.1. The van der Waals surface area contributed by atoms with Gasteiger partial charge in [0.15, 0.2) is 5.82 Å². The summed E-state index contributed by atoms with van der Waals surface area (Å²) in [6.45, 7) is 0. The molecule has 8 aromatic carbocycles. The smallest absolute Gasteiger partial charge is 0.162 e. The Labute approximate surface area is 307 Å². The van der Waals surface area contributed by atoms with Crippen molar-refractivity contribution in [1.29, 1.82) is 0 Å². The lowest BCUT2D eigenvalue weighted by Crippen LogP contribution is -2.03. The van der Waals surface area contributed by atoms with Crippen LogP contribution in [0.25, 0.3) is 108 Å². The molecule has 0 aliphatic carbocycles. The molecule has 0 radical (unpaired) electrons. The van der Waals surface area contributed by atoms with Crippen LogP contribution in [0.15, 0.2) is 170 Å². The zero-order chi connectivity index (χ0) is 34.6. The van der Waals surface area contributed by atoms with Crippen LogP contribution in [-0.4, -0.2) is 19.1 Å². The number of rotatable bonds is 3. The van der Waals surface area contributed by atoms with E-state index in [-0.39, 0.29) is 0 Å². The maximum atomic E-state index is 5.51. The predicted molar refractivity (Wildman–Crippen MR) is 224 cm³/mol. The van der Waals surface area contributed by atoms with Crippen LogP contribution in [0.5, 0.6) is 0 Å². The van der Waals surface area contributed by atoms with E-state index in [1.807, 2.05) is 11.3 Å². The first-order chi connectivity index (χ1) is 26.3. The number of benzene rings is 8. The minimum Gasteiger partial charge on any atom is -0.308 e. The van der Waals surface area contributed by atoms with Gasteiger partial charge in [-0.25, -0.2) is 9.97 Å². The third-order valence-electron chi connectivity index (χ3n) is 10.9. The number of fused-ring (bicyclic) bond motifs is 11. The van der Waals surface area contributed by atoms with Gasteiger partial charge in [-0.1, -0.05) is 109 Å². The summed E-state index contributed by atoms with van der Waals surface area (Å²) in [5, 5.41) is 10.8. The van der Waals surface area contributed by atoms with Gasteiger partial charge in [-0.15, -0.1) is 11.3 Å². The van der Waals surface area contributed by atoms with Crippen molar-refractivity contribution in [2.45, 2.75) is 0 Å². The molecule has 5 heteroatoms. The largest absolute Gasteiger partial charge is 0.308 e. The first-order valence-electron chi connectivity index (χ1n) is 17.9. The summed E-state index contributed by atoms with van der Waals surface area (Å²) in [6, 6.07) is 61.2. The molecule has 4 nitrogen and oxygen atoms in total. The molecule has 4 heterocycles. The Balaban J connectivity index is 1.23. The Bertz CT molecular complexity index is 3420. The van der Waals surface area contributed by atoms with E-state index in [1.54, 1.807) is 0 Å². The Morgan fingerprint density at radius 2 is 0.981 bits per heavy atom. The van der Waals surface area contributed by atoms with Gasteiger partial charge >= 0.3 is 0 Å². The lowest BCUT2D eigenvalue weighted by Gasteiger charge is -2.16. The Morgan fingerprint density at radius 3 is 1.75 bits per heavy atom. The van der Waals surface area contributed by atoms with Crippen molar-refractivity contribution in [3.05, 3.63) is 170 Å². The molecule has 0 aliphatic heterocycles. The third kappa shape index (κ3) is 4.05. The van der Waals surface area contributed by atoms with Crippen LogP contribution < -0.4 is 0 Å². The zero-order valence-corrected chi connectivity index (χ0v) is 29.2. The van der Waals surface area contributed by atoms with Crippen LogP contribution in [0.3, 0.4) is 0 Å². The van der Waals surface area contributed by atoms with E-state index < -0.39 is 0 Å². The number of aromatic nitrogens is 4. The summed E-state index contributed by atoms with van der Waals surface area (Å²) < 4.78 is 7.41. The van der Waals surface area contributed by atoms with E-state index in [4.69, 9.17) is 9.97 Å². The molecule has 53 heavy (non-hydrogen) atoms. The van der Waals surface area contributed by atoms with Crippen LogP contribution in [0.2, 0.25) is 0 Å². The van der Waals surface area contributed by atoms with E-state index in [0.29, 0.717) is 5.82 Å². The first kappa shape index (κ1) is 28.8. The van der Waals surface area contributed by atoms with Crippen molar-refractivity contribution in [2.24, 2.45) is 0 Å². The Kier molecular flexibility index (Phi) is 5.90. The fourth-order valence-electron chi connectivity index (χ4n) is 8.61. The first-order valence-corrected chi connectivity index (χ1v) is 18.7. The molecule has 0 amide bonds. The molecule has 0 spiro atoms. The number of hydrogen-bond acceptors (Lipinski definition) is 3. The second-order valence-electron chi connectivity index (χ2n) is 13.8. The molecule has 0 unspecified atom stereocenters. The van der Waals surface area contributed by atoms with Crippen LogP contribution in [0.1, 0.15) is 0 Å². The summed E-state index contributed by atoms with van der Waals surface area (Å²) in [5.41, 5.74) is 7.69. The monoisotopic (exact) mass is 692 g/mol. The highest BCUT2D eigenvalue weighted by Crippen LogP contribution is 2.44. The molecule has 0 aliphatic rings. The number of para-hydroxylation sites is 4. The fourth-order valence-corrected chi connectivity index (χ4v) is 9.70. The van der Waals surface area contributed by atoms with Crippen LogP contribution in [0.4, 0.5) is 0 Å². The molecule has 0 bridgehead atoms. The van der Waals surface area contributed by atoms with Gasteiger partial charge in [-0.2, -0.15) is 0 Å². The molecule has 4 aromatic heterocycles. The number of thiophene rings is 1. The molecule has 12 rings (SSSR count). The third-order valence-corrected chi connectivity index (χ3v) is 12.0. The van der Waals surface area contributed by atoms with Crippen molar-refractivity contribution in [2.75, 3.05) is 0 Å². The summed E-state index contributed by atoms with van der Waals surface area (Å²) in [5.74, 6) is 1.58. The van der Waals surface area contributed by atoms with Crippen molar-refractivity contribution in [1.82, 2.24) is 19.1 Å². The highest BCUT2D eigenvalue weighted by Gasteiger charge is 2.24. The van der Waals surface area contributed by atoms with Gasteiger partial charge in [0.05, 0.1) is 33.3 Å². The minimum absolute atomic E-state index is 0.713. The van der Waals surface area contributed by atoms with Crippen molar-refractivity contribution in [3.63, 3.8) is 0 Å². The molecule has 246 valence electrons. The normalized spacial score (nSPS) is 12.2. The van der Waals surface area contributed by atoms with Crippen molar-refractivity contribution < 1.29 is 0 Å². The molecule has 0 N–H and O–H groups in total. The van der Waals surface area contributed by atoms with E-state index in [1.165, 1.54) is 69.2 Å². The van der Waals surface area contributed by atoms with Gasteiger partial charge in [0.1, 0.15) is 5.82 Å². The van der Waals surface area contributed by atoms with Gasteiger partial charge in [0, 0.05) is 58.1 Å². The topological polar surface area (TPSA) is 35.6 Å². The van der Waals surface area contributed by atoms with Gasteiger partial charge < -0.3 is 4.57 Å². The molecular formula is C48H28N4S. The lowest BCUT2D eigenvalue weighted by molar-refractivity contribution is 1.08. The van der Waals surface area contributed by atoms with E-state index in [9.17, 15) is 0 Å². The highest BCUT2D eigenvalue weighted by molar-refractivity contribution is 7.25. The number of hydrogen-bond donors (Lipinski definition) is 0. The average Bonchev–Trinajstić information content (AvgIpc) is 3.87. The van der Waals surface area contributed by atoms with Gasteiger partial charge in [-0.05, 0) is 66.0 Å². The SMILES string of the molecule is c1ccc2c(-n3c4ccccc4c4ccccc43)c3c4ccccc4n(-c4nc(-c5ccc6sc7ccccc7c6c5)nc5ccccc45)c3cc2c1. The standard InChI is InChI=1S/C48H28N4S/c1-2-14-31-29(13-1)28-42-45(46(31)51-39-21-9-4-15-32(39)33-16-5-10-22-40(33)51)36-19-6-11-23-41(36)52(42)48-35-18-3-8-20-38(35)49-47(50-48)30-25-26-44-37(27-30)34-17-7-12-24-43(34)53-44/h1-28H. The Hall–Kier alpha value is -6.82. The molecular weight excluding hydrogens is 665 g/mol. The summed E-state index contributed by atoms with van der Waals surface area (Å²) in [7, 11) is 0. The maximum absolute atomic E-state index is 5.51. The summed E-state index contributed by atoms with van der Waals surface area (Å²) in [4.78, 5) is 10.7. The zero-order valence-electron chi connectivity index (χ0n) is 28.4. The Morgan fingerprint density at radius 1 is 0.396 bits per heavy atom. The van der Waals surface area contributed by atoms with E-state index in [2.05, 4.69) is 179 Å². The quantitative estimate of drug-likeness (QED) is 0.185. The van der Waals surface area contributed by atoms with Gasteiger partial charge in [-0.3, -0.25) is 4.57 Å². The van der Waals surface area contributed by atoms with Crippen LogP contribution in [-0.2, 0) is 0 Å². The molecule has 0 saturated heterocycles. The predicted octanol–water partition coefficient (Wildman–Crippen LogP) is 13.0. The van der Waals surface area contributed by atoms with Crippen LogP contribution in [0, 0.1) is 0 Å². The van der Waals surface area contributed by atoms with Gasteiger partial charge in [0.2, 0.25) is 0 Å². The second-order valence-corrected chi connectivity index (χ2v) is 14.8. The minimum atomic E-state index is 0.713. The second kappa shape index (κ2) is 10.8. The molecule has 0 fully saturated rings. The molecule has 12 aromatic rings. The summed E-state index contributed by atoms with van der Waals surface area (Å²) in [6.07, 6.45) is 0. The lowest BCUT2D eigenvalue weighted by atomic mass is 10.0. The molecule has 0 saturated carbocycles. The van der Waals surface area contributed by atoms with Crippen molar-refractivity contribution in [3.8, 4) is 22.9 Å². The maximum Gasteiger partial charge on any atom is 0.162 e. The fraction of sp³-hybridized carbons (Fsp3) is 0. The number of nitrogens with zero attached hydrogens (tertiary/aromatic N) is 4. The molecule has 0 atom stereocenters. The van der Waals surface area contributed by atoms with E-state index >= 15 is 0 Å². The average molecular weight is 693 g/mol. The van der Waals surface area contributed by atoms with E-state index in [0.717, 1.165) is 33.3 Å². The summed E-state index contributed by atoms with van der Waals surface area (Å²) >= 11 is 1.83. The van der Waals surface area contributed by atoms with Gasteiger partial charge in [0.25, 0.3) is 0 Å².